The molecule has 0 saturated carbocycles. The molecule has 0 radical (unpaired) electrons. The van der Waals surface area contributed by atoms with E-state index in [1.165, 1.54) is 126 Å². The van der Waals surface area contributed by atoms with Gasteiger partial charge < -0.3 is 18.3 Å². The Bertz CT molecular complexity index is 8220. The van der Waals surface area contributed by atoms with Crippen LogP contribution in [0.3, 0.4) is 0 Å². The van der Waals surface area contributed by atoms with E-state index in [4.69, 9.17) is 0 Å². The highest BCUT2D eigenvalue weighted by Gasteiger charge is 2.24. The predicted octanol–water partition coefficient (Wildman–Crippen LogP) is 31.0. The van der Waals surface area contributed by atoms with Crippen LogP contribution in [-0.4, -0.2) is 18.3 Å². The molecule has 4 heterocycles. The van der Waals surface area contributed by atoms with Crippen molar-refractivity contribution in [3.05, 3.63) is 471 Å². The monoisotopic (exact) mass is 1590 g/mol. The first kappa shape index (κ1) is 74.0. The topological polar surface area (TPSA) is 19.7 Å². The van der Waals surface area contributed by atoms with Crippen LogP contribution in [0.2, 0.25) is 0 Å². The van der Waals surface area contributed by atoms with Crippen molar-refractivity contribution in [3.63, 3.8) is 0 Å². The highest BCUT2D eigenvalue weighted by Crippen LogP contribution is 2.46. The Hall–Kier alpha value is -16.1. The molecule has 23 rings (SSSR count). The van der Waals surface area contributed by atoms with Gasteiger partial charge in [-0.3, -0.25) is 0 Å². The van der Waals surface area contributed by atoms with Crippen LogP contribution in [-0.2, 0) is 0 Å². The molecule has 4 nitrogen and oxygen atoms in total. The van der Waals surface area contributed by atoms with Gasteiger partial charge in [-0.15, -0.1) is 0 Å². The van der Waals surface area contributed by atoms with Crippen LogP contribution in [0, 0.1) is 0 Å². The summed E-state index contributed by atoms with van der Waals surface area (Å²) in [5, 5.41) is 11.0. The fraction of sp³-hybridized carbons (Fsp3) is 0.0248. The average Bonchev–Trinajstić information content (AvgIpc) is 1.59. The van der Waals surface area contributed by atoms with Gasteiger partial charge in [0.05, 0.1) is 38.6 Å². The Kier molecular flexibility index (Phi) is 18.4. The molecular formula is C121H84N4. The van der Waals surface area contributed by atoms with Crippen molar-refractivity contribution in [2.24, 2.45) is 0 Å². The van der Waals surface area contributed by atoms with Crippen LogP contribution in [0.1, 0.15) is 30.9 Å². The van der Waals surface area contributed by atoms with Crippen LogP contribution < -0.4 is 10.6 Å². The number of allylic oxidation sites excluding steroid dienone is 5. The standard InChI is InChI=1S/C121H84N4/c1-3-80(69-81(4-2)98-75-108(120-112(77-98)105-46-21-24-49-115(105)124(120)102-41-16-8-17-42-102)97-36-28-33-91(72-97)94-65-68-117-110(74-94)104-45-20-23-48-114(104)122(117)100-37-12-6-13-38-100)93-64-67-118-111(73-93)107-66-63-95(79-119(107)123(118)101-39-14-7-15-40-101)88-61-55-85(56-62-88)84-53-59-87(60-54-84)90-32-27-35-96(71-90)109-76-99(78-113-106-47-22-25-50-116(106)125(121(109)113)103-43-18-9-19-44-103)92-34-26-31-89(70-92)86-57-51-83(52-58-86)82-29-10-5-11-30-82/h3-21,23-24,26-79H,2,22,25H2,1H3. The lowest BCUT2D eigenvalue weighted by molar-refractivity contribution is 1.02. The molecule has 1 aliphatic carbocycles. The fourth-order valence-electron chi connectivity index (χ4n) is 19.7. The van der Waals surface area contributed by atoms with Gasteiger partial charge in [0.25, 0.3) is 0 Å². The molecule has 0 atom stereocenters. The molecule has 4 aromatic heterocycles. The van der Waals surface area contributed by atoms with Crippen LogP contribution in [0.4, 0.5) is 0 Å². The number of para-hydroxylation sites is 6. The first-order valence-corrected chi connectivity index (χ1v) is 43.4. The third kappa shape index (κ3) is 13.1. The van der Waals surface area contributed by atoms with Crippen molar-refractivity contribution in [3.8, 4) is 123 Å². The average molecular weight is 1590 g/mol. The fourth-order valence-corrected chi connectivity index (χ4v) is 19.7. The number of fused-ring (bicyclic) bond motifs is 12. The molecule has 0 aliphatic heterocycles. The first-order chi connectivity index (χ1) is 61.9. The highest BCUT2D eigenvalue weighted by atomic mass is 15.0. The van der Waals surface area contributed by atoms with Crippen molar-refractivity contribution < 1.29 is 0 Å². The normalized spacial score (nSPS) is 12.4. The maximum absolute atomic E-state index is 4.58. The van der Waals surface area contributed by atoms with Crippen LogP contribution in [0.25, 0.3) is 223 Å². The van der Waals surface area contributed by atoms with Crippen molar-refractivity contribution in [1.82, 2.24) is 18.3 Å². The van der Waals surface area contributed by atoms with Crippen LogP contribution in [0.5, 0.6) is 0 Å². The van der Waals surface area contributed by atoms with E-state index in [1.807, 2.05) is 6.08 Å². The lowest BCUT2D eigenvalue weighted by Gasteiger charge is -2.15. The molecule has 1 aliphatic rings. The van der Waals surface area contributed by atoms with E-state index in [1.54, 1.807) is 0 Å². The molecule has 18 aromatic carbocycles. The number of rotatable bonds is 17. The SMILES string of the molecule is C=CC(=CC(=CC)c1ccc2c(c1)c1ccc(-c3ccc(-c4ccc(-c5cccc(-c6cc(-c7cccc(-c8ccc(-c9ccccc9)cc8)c7)cc7c8c(n(-c9ccccc9)c67)=CCCC=8)c5)cc4)cc3)cc1n2-c1ccccc1)c1cc(-c2cccc(-c3ccc4c(c3)c3ccccc3n4-c3ccccc3)c2)c2c(c1)c1ccccc1n2-c1ccccc1. The molecule has 22 aromatic rings. The molecule has 0 spiro atoms. The van der Waals surface area contributed by atoms with Gasteiger partial charge in [0.2, 0.25) is 0 Å². The predicted molar refractivity (Wildman–Crippen MR) is 531 cm³/mol. The Balaban J connectivity index is 0.565. The third-order valence-electron chi connectivity index (χ3n) is 25.7. The molecule has 0 N–H and O–H groups in total. The lowest BCUT2D eigenvalue weighted by atomic mass is 9.92. The number of benzene rings is 18. The summed E-state index contributed by atoms with van der Waals surface area (Å²) in [5.41, 5.74) is 38.2. The molecule has 0 amide bonds. The van der Waals surface area contributed by atoms with Gasteiger partial charge in [0.15, 0.2) is 0 Å². The summed E-state index contributed by atoms with van der Waals surface area (Å²) >= 11 is 0. The molecule has 0 unspecified atom stereocenters. The minimum atomic E-state index is 1.01. The van der Waals surface area contributed by atoms with Gasteiger partial charge in [-0.2, -0.15) is 0 Å². The summed E-state index contributed by atoms with van der Waals surface area (Å²) in [6.45, 7) is 6.73. The molecule has 125 heavy (non-hydrogen) atoms. The van der Waals surface area contributed by atoms with E-state index in [2.05, 4.69) is 481 Å². The minimum Gasteiger partial charge on any atom is -0.309 e. The van der Waals surface area contributed by atoms with E-state index in [-0.39, 0.29) is 0 Å². The maximum Gasteiger partial charge on any atom is 0.0619 e. The second-order valence-electron chi connectivity index (χ2n) is 32.9. The Labute approximate surface area is 726 Å². The van der Waals surface area contributed by atoms with E-state index >= 15 is 0 Å². The van der Waals surface area contributed by atoms with Crippen molar-refractivity contribution in [2.45, 2.75) is 19.8 Å². The summed E-state index contributed by atoms with van der Waals surface area (Å²) in [6, 6.07) is 157. The summed E-state index contributed by atoms with van der Waals surface area (Å²) in [7, 11) is 0. The van der Waals surface area contributed by atoms with Gasteiger partial charge in [0.1, 0.15) is 0 Å². The number of aromatic nitrogens is 4. The summed E-state index contributed by atoms with van der Waals surface area (Å²) in [4.78, 5) is 0. The van der Waals surface area contributed by atoms with Crippen molar-refractivity contribution in [1.29, 1.82) is 0 Å². The largest absolute Gasteiger partial charge is 0.309 e. The van der Waals surface area contributed by atoms with Crippen LogP contribution >= 0.6 is 0 Å². The zero-order chi connectivity index (χ0) is 83.0. The van der Waals surface area contributed by atoms with E-state index in [0.717, 1.165) is 119 Å². The van der Waals surface area contributed by atoms with E-state index in [0.29, 0.717) is 0 Å². The summed E-state index contributed by atoms with van der Waals surface area (Å²) in [5.74, 6) is 0. The van der Waals surface area contributed by atoms with Gasteiger partial charge in [-0.05, 0) is 271 Å². The van der Waals surface area contributed by atoms with E-state index < -0.39 is 0 Å². The number of hydrogen-bond acceptors (Lipinski definition) is 0. The Morgan fingerprint density at radius 2 is 0.592 bits per heavy atom. The maximum atomic E-state index is 4.58. The van der Waals surface area contributed by atoms with Crippen molar-refractivity contribution >= 4 is 99.6 Å². The summed E-state index contributed by atoms with van der Waals surface area (Å²) in [6.07, 6.45) is 13.5. The summed E-state index contributed by atoms with van der Waals surface area (Å²) < 4.78 is 9.78. The first-order valence-electron chi connectivity index (χ1n) is 43.4. The number of nitrogens with zero attached hydrogens (tertiary/aromatic N) is 4. The third-order valence-corrected chi connectivity index (χ3v) is 25.7. The Morgan fingerprint density at radius 3 is 1.16 bits per heavy atom. The van der Waals surface area contributed by atoms with Crippen molar-refractivity contribution in [2.75, 3.05) is 0 Å². The van der Waals surface area contributed by atoms with E-state index in [9.17, 15) is 0 Å². The quantitative estimate of drug-likeness (QED) is 0.0810. The second-order valence-corrected chi connectivity index (χ2v) is 32.9. The van der Waals surface area contributed by atoms with Gasteiger partial charge in [0, 0.05) is 82.1 Å². The Morgan fingerprint density at radius 1 is 0.232 bits per heavy atom. The molecule has 4 heteroatoms. The number of hydrogen-bond donors (Lipinski definition) is 0. The van der Waals surface area contributed by atoms with Gasteiger partial charge >= 0.3 is 0 Å². The smallest absolute Gasteiger partial charge is 0.0619 e. The van der Waals surface area contributed by atoms with Gasteiger partial charge in [-0.25, -0.2) is 0 Å². The minimum absolute atomic E-state index is 1.01. The zero-order valence-corrected chi connectivity index (χ0v) is 69.2. The molecular weight excluding hydrogens is 1510 g/mol. The lowest BCUT2D eigenvalue weighted by Crippen LogP contribution is -2.30. The molecule has 0 fully saturated rings. The molecule has 0 saturated heterocycles. The molecule has 588 valence electrons. The van der Waals surface area contributed by atoms with Gasteiger partial charge in [-0.1, -0.05) is 322 Å². The van der Waals surface area contributed by atoms with Crippen LogP contribution in [0.15, 0.2) is 449 Å². The highest BCUT2D eigenvalue weighted by molar-refractivity contribution is 6.17. The molecule has 0 bridgehead atoms. The zero-order valence-electron chi connectivity index (χ0n) is 69.2. The second kappa shape index (κ2) is 31.1.